The lowest BCUT2D eigenvalue weighted by Crippen LogP contribution is -2.14. The van der Waals surface area contributed by atoms with Crippen molar-refractivity contribution in [2.24, 2.45) is 0 Å². The van der Waals surface area contributed by atoms with Crippen molar-refractivity contribution in [1.29, 1.82) is 0 Å². The molecule has 0 saturated carbocycles. The van der Waals surface area contributed by atoms with Gasteiger partial charge in [-0.25, -0.2) is 0 Å². The van der Waals surface area contributed by atoms with Gasteiger partial charge in [-0.1, -0.05) is 11.6 Å². The highest BCUT2D eigenvalue weighted by atomic mass is 35.5. The number of rotatable bonds is 7. The van der Waals surface area contributed by atoms with Gasteiger partial charge in [-0.3, -0.25) is 4.79 Å². The molecule has 0 atom stereocenters. The van der Waals surface area contributed by atoms with Gasteiger partial charge in [0, 0.05) is 11.4 Å². The van der Waals surface area contributed by atoms with Gasteiger partial charge in [-0.15, -0.1) is 10.2 Å². The molecule has 0 bridgehead atoms. The number of hydrogen-bond acceptors (Lipinski definition) is 6. The van der Waals surface area contributed by atoms with Crippen LogP contribution in [-0.4, -0.2) is 29.8 Å². The van der Waals surface area contributed by atoms with Crippen molar-refractivity contribution in [3.63, 3.8) is 0 Å². The van der Waals surface area contributed by atoms with Crippen LogP contribution in [0.4, 0.5) is 17.2 Å². The number of carbonyl (C=O) groups is 1. The van der Waals surface area contributed by atoms with Crippen LogP contribution in [0.1, 0.15) is 17.4 Å². The predicted molar refractivity (Wildman–Crippen MR) is 109 cm³/mol. The zero-order chi connectivity index (χ0) is 19.9. The zero-order valence-electron chi connectivity index (χ0n) is 15.4. The molecule has 0 aliphatic heterocycles. The van der Waals surface area contributed by atoms with Crippen LogP contribution in [0.2, 0.25) is 5.02 Å². The molecule has 8 heteroatoms. The van der Waals surface area contributed by atoms with E-state index in [1.165, 1.54) is 0 Å². The summed E-state index contributed by atoms with van der Waals surface area (Å²) in [4.78, 5) is 12.3. The lowest BCUT2D eigenvalue weighted by molar-refractivity contribution is 0.102. The molecule has 0 aliphatic carbocycles. The average Bonchev–Trinajstić information content (AvgIpc) is 2.70. The predicted octanol–water partition coefficient (Wildman–Crippen LogP) is 4.53. The summed E-state index contributed by atoms with van der Waals surface area (Å²) in [5, 5.41) is 14.3. The third-order valence-corrected chi connectivity index (χ3v) is 4.04. The Labute approximate surface area is 167 Å². The van der Waals surface area contributed by atoms with E-state index in [-0.39, 0.29) is 11.6 Å². The molecule has 144 valence electrons. The molecule has 0 aliphatic rings. The quantitative estimate of drug-likeness (QED) is 0.608. The summed E-state index contributed by atoms with van der Waals surface area (Å²) in [7, 11) is 1.55. The molecule has 1 heterocycles. The van der Waals surface area contributed by atoms with Gasteiger partial charge >= 0.3 is 0 Å². The van der Waals surface area contributed by atoms with Gasteiger partial charge in [0.1, 0.15) is 11.5 Å². The number of nitrogens with zero attached hydrogens (tertiary/aromatic N) is 2. The molecule has 0 fully saturated rings. The Morgan fingerprint density at radius 3 is 2.39 bits per heavy atom. The van der Waals surface area contributed by atoms with Crippen molar-refractivity contribution in [2.45, 2.75) is 6.92 Å². The van der Waals surface area contributed by atoms with Crippen LogP contribution in [0.3, 0.4) is 0 Å². The number of methoxy groups -OCH3 is 1. The Balaban J connectivity index is 1.63. The van der Waals surface area contributed by atoms with E-state index >= 15 is 0 Å². The standard InChI is InChI=1S/C20H19ClN4O3/c1-3-28-15-7-4-13(5-8-15)23-20(26)17-9-11-19(25-24-17)22-14-6-10-18(27-2)16(21)12-14/h4-12H,3H2,1-2H3,(H,22,25)(H,23,26). The topological polar surface area (TPSA) is 85.4 Å². The van der Waals surface area contributed by atoms with Crippen molar-refractivity contribution in [3.8, 4) is 11.5 Å². The Hall–Kier alpha value is -3.32. The first kappa shape index (κ1) is 19.4. The van der Waals surface area contributed by atoms with E-state index in [0.717, 1.165) is 11.4 Å². The molecule has 0 unspecified atom stereocenters. The lowest BCUT2D eigenvalue weighted by Gasteiger charge is -2.09. The number of hydrogen-bond donors (Lipinski definition) is 2. The van der Waals surface area contributed by atoms with Gasteiger partial charge in [0.05, 0.1) is 18.7 Å². The number of amides is 1. The molecule has 3 aromatic rings. The van der Waals surface area contributed by atoms with E-state index in [1.54, 1.807) is 61.7 Å². The number of benzene rings is 2. The van der Waals surface area contributed by atoms with E-state index in [2.05, 4.69) is 20.8 Å². The van der Waals surface area contributed by atoms with Gasteiger partial charge in [-0.05, 0) is 61.5 Å². The minimum atomic E-state index is -0.351. The Morgan fingerprint density at radius 1 is 1.04 bits per heavy atom. The molecular formula is C20H19ClN4O3. The second kappa shape index (κ2) is 9.05. The maximum atomic E-state index is 12.3. The normalized spacial score (nSPS) is 10.2. The fourth-order valence-electron chi connectivity index (χ4n) is 2.41. The van der Waals surface area contributed by atoms with Crippen molar-refractivity contribution in [3.05, 3.63) is 65.3 Å². The summed E-state index contributed by atoms with van der Waals surface area (Å²) in [5.41, 5.74) is 1.57. The maximum absolute atomic E-state index is 12.3. The highest BCUT2D eigenvalue weighted by Gasteiger charge is 2.09. The van der Waals surface area contributed by atoms with E-state index in [4.69, 9.17) is 21.1 Å². The van der Waals surface area contributed by atoms with Crippen LogP contribution in [-0.2, 0) is 0 Å². The smallest absolute Gasteiger partial charge is 0.276 e. The summed E-state index contributed by atoms with van der Waals surface area (Å²) in [6.45, 7) is 2.50. The van der Waals surface area contributed by atoms with Crippen LogP contribution in [0, 0.1) is 0 Å². The second-order valence-electron chi connectivity index (χ2n) is 5.69. The van der Waals surface area contributed by atoms with Crippen LogP contribution in [0.25, 0.3) is 0 Å². The number of halogens is 1. The molecule has 0 saturated heterocycles. The maximum Gasteiger partial charge on any atom is 0.276 e. The fourth-order valence-corrected chi connectivity index (χ4v) is 2.67. The number of carbonyl (C=O) groups excluding carboxylic acids is 1. The summed E-state index contributed by atoms with van der Waals surface area (Å²) in [6.07, 6.45) is 0. The summed E-state index contributed by atoms with van der Waals surface area (Å²) < 4.78 is 10.5. The largest absolute Gasteiger partial charge is 0.495 e. The van der Waals surface area contributed by atoms with Crippen molar-refractivity contribution in [2.75, 3.05) is 24.4 Å². The molecule has 1 amide bonds. The van der Waals surface area contributed by atoms with E-state index in [0.29, 0.717) is 28.9 Å². The third-order valence-electron chi connectivity index (χ3n) is 3.74. The molecule has 7 nitrogen and oxygen atoms in total. The summed E-state index contributed by atoms with van der Waals surface area (Å²) >= 11 is 6.11. The van der Waals surface area contributed by atoms with Crippen LogP contribution < -0.4 is 20.1 Å². The molecule has 28 heavy (non-hydrogen) atoms. The van der Waals surface area contributed by atoms with Crippen LogP contribution >= 0.6 is 11.6 Å². The minimum Gasteiger partial charge on any atom is -0.495 e. The van der Waals surface area contributed by atoms with Gasteiger partial charge < -0.3 is 20.1 Å². The SMILES string of the molecule is CCOc1ccc(NC(=O)c2ccc(Nc3ccc(OC)c(Cl)c3)nn2)cc1. The number of aromatic nitrogens is 2. The fraction of sp³-hybridized carbons (Fsp3) is 0.150. The first-order valence-corrected chi connectivity index (χ1v) is 8.95. The van der Waals surface area contributed by atoms with E-state index in [9.17, 15) is 4.79 Å². The molecular weight excluding hydrogens is 380 g/mol. The number of anilines is 3. The molecule has 0 radical (unpaired) electrons. The molecule has 3 rings (SSSR count). The van der Waals surface area contributed by atoms with E-state index < -0.39 is 0 Å². The molecule has 0 spiro atoms. The van der Waals surface area contributed by atoms with Crippen molar-refractivity contribution in [1.82, 2.24) is 10.2 Å². The number of nitrogens with one attached hydrogen (secondary N) is 2. The highest BCUT2D eigenvalue weighted by Crippen LogP contribution is 2.28. The first-order valence-electron chi connectivity index (χ1n) is 8.57. The van der Waals surface area contributed by atoms with Gasteiger partial charge in [0.25, 0.3) is 5.91 Å². The Bertz CT molecular complexity index is 947. The van der Waals surface area contributed by atoms with Crippen molar-refractivity contribution < 1.29 is 14.3 Å². The van der Waals surface area contributed by atoms with Gasteiger partial charge in [-0.2, -0.15) is 0 Å². The molecule has 1 aromatic heterocycles. The zero-order valence-corrected chi connectivity index (χ0v) is 16.2. The van der Waals surface area contributed by atoms with Crippen LogP contribution in [0.5, 0.6) is 11.5 Å². The van der Waals surface area contributed by atoms with E-state index in [1.807, 2.05) is 6.92 Å². The van der Waals surface area contributed by atoms with Crippen molar-refractivity contribution >= 4 is 34.7 Å². The third kappa shape index (κ3) is 4.89. The highest BCUT2D eigenvalue weighted by molar-refractivity contribution is 6.32. The van der Waals surface area contributed by atoms with Gasteiger partial charge in [0.15, 0.2) is 11.5 Å². The summed E-state index contributed by atoms with van der Waals surface area (Å²) in [5.74, 6) is 1.46. The monoisotopic (exact) mass is 398 g/mol. The molecule has 2 N–H and O–H groups in total. The average molecular weight is 399 g/mol. The Morgan fingerprint density at radius 2 is 1.79 bits per heavy atom. The molecule has 2 aromatic carbocycles. The second-order valence-corrected chi connectivity index (χ2v) is 6.10. The lowest BCUT2D eigenvalue weighted by atomic mass is 10.2. The Kier molecular flexibility index (Phi) is 6.29. The number of ether oxygens (including phenoxy) is 2. The van der Waals surface area contributed by atoms with Crippen LogP contribution in [0.15, 0.2) is 54.6 Å². The van der Waals surface area contributed by atoms with Gasteiger partial charge in [0.2, 0.25) is 0 Å². The minimum absolute atomic E-state index is 0.201. The summed E-state index contributed by atoms with van der Waals surface area (Å²) in [6, 6.07) is 15.6. The first-order chi connectivity index (χ1) is 13.6.